The van der Waals surface area contributed by atoms with Crippen LogP contribution in [-0.2, 0) is 13.5 Å². The molecule has 1 unspecified atom stereocenters. The Labute approximate surface area is 122 Å². The van der Waals surface area contributed by atoms with Gasteiger partial charge in [0.05, 0.1) is 11.6 Å². The number of fused-ring (bicyclic) bond motifs is 1. The molecule has 1 aliphatic heterocycles. The monoisotopic (exact) mass is 288 g/mol. The van der Waals surface area contributed by atoms with Crippen molar-refractivity contribution in [1.82, 2.24) is 9.88 Å². The second-order valence-electron chi connectivity index (χ2n) is 5.16. The Morgan fingerprint density at radius 1 is 1.48 bits per heavy atom. The van der Waals surface area contributed by atoms with Gasteiger partial charge >= 0.3 is 0 Å². The van der Waals surface area contributed by atoms with E-state index in [1.54, 1.807) is 12.1 Å². The highest BCUT2D eigenvalue weighted by atomic mass is 19.1. The first-order valence-corrected chi connectivity index (χ1v) is 6.97. The van der Waals surface area contributed by atoms with Crippen molar-refractivity contribution in [3.05, 3.63) is 53.1 Å². The van der Waals surface area contributed by atoms with Crippen molar-refractivity contribution >= 4 is 5.91 Å². The Morgan fingerprint density at radius 2 is 2.29 bits per heavy atom. The molecule has 1 aliphatic rings. The van der Waals surface area contributed by atoms with Gasteiger partial charge in [-0.15, -0.1) is 0 Å². The second kappa shape index (κ2) is 5.24. The van der Waals surface area contributed by atoms with Gasteiger partial charge in [-0.1, -0.05) is 6.92 Å². The van der Waals surface area contributed by atoms with Gasteiger partial charge in [0.25, 0.3) is 5.91 Å². The standard InChI is InChI=1S/C16H17FN2O2/c1-3-14-11(6-7-19(14)2)16(20)18-13-9-21-15-5-4-10(17)8-12(13)15/h4-8,13H,3,9H2,1-2H3,(H,18,20). The quantitative estimate of drug-likeness (QED) is 0.943. The lowest BCUT2D eigenvalue weighted by atomic mass is 10.1. The van der Waals surface area contributed by atoms with E-state index in [2.05, 4.69) is 5.32 Å². The number of aromatic nitrogens is 1. The molecule has 21 heavy (non-hydrogen) atoms. The molecule has 5 heteroatoms. The molecule has 110 valence electrons. The summed E-state index contributed by atoms with van der Waals surface area (Å²) in [6.45, 7) is 2.34. The van der Waals surface area contributed by atoms with Crippen LogP contribution in [0.15, 0.2) is 30.5 Å². The number of nitrogens with zero attached hydrogens (tertiary/aromatic N) is 1. The van der Waals surface area contributed by atoms with E-state index in [-0.39, 0.29) is 17.8 Å². The minimum absolute atomic E-state index is 0.154. The van der Waals surface area contributed by atoms with E-state index >= 15 is 0 Å². The molecule has 0 bridgehead atoms. The third-order valence-corrected chi connectivity index (χ3v) is 3.84. The summed E-state index contributed by atoms with van der Waals surface area (Å²) in [5, 5.41) is 2.92. The van der Waals surface area contributed by atoms with Crippen molar-refractivity contribution in [2.24, 2.45) is 7.05 Å². The average molecular weight is 288 g/mol. The Morgan fingerprint density at radius 3 is 3.05 bits per heavy atom. The lowest BCUT2D eigenvalue weighted by Gasteiger charge is -2.12. The number of ether oxygens (including phenoxy) is 1. The molecule has 2 heterocycles. The summed E-state index contributed by atoms with van der Waals surface area (Å²) in [5.74, 6) is 0.149. The SMILES string of the molecule is CCc1c(C(=O)NC2COc3ccc(F)cc32)ccn1C. The van der Waals surface area contributed by atoms with E-state index in [4.69, 9.17) is 4.74 Å². The highest BCUT2D eigenvalue weighted by Crippen LogP contribution is 2.32. The van der Waals surface area contributed by atoms with Crippen molar-refractivity contribution in [2.75, 3.05) is 6.61 Å². The fourth-order valence-corrected chi connectivity index (χ4v) is 2.75. The number of carbonyl (C=O) groups excluding carboxylic acids is 1. The van der Waals surface area contributed by atoms with Crippen molar-refractivity contribution in [1.29, 1.82) is 0 Å². The van der Waals surface area contributed by atoms with Gasteiger partial charge in [-0.3, -0.25) is 4.79 Å². The van der Waals surface area contributed by atoms with Crippen LogP contribution in [0.3, 0.4) is 0 Å². The molecule has 1 aromatic heterocycles. The highest BCUT2D eigenvalue weighted by Gasteiger charge is 2.27. The third kappa shape index (κ3) is 2.39. The van der Waals surface area contributed by atoms with Gasteiger partial charge in [-0.25, -0.2) is 4.39 Å². The molecule has 3 rings (SSSR count). The number of hydrogen-bond acceptors (Lipinski definition) is 2. The lowest BCUT2D eigenvalue weighted by molar-refractivity contribution is 0.0929. The maximum Gasteiger partial charge on any atom is 0.253 e. The first-order valence-electron chi connectivity index (χ1n) is 6.97. The summed E-state index contributed by atoms with van der Waals surface area (Å²) in [4.78, 5) is 12.4. The summed E-state index contributed by atoms with van der Waals surface area (Å²) in [7, 11) is 1.92. The van der Waals surface area contributed by atoms with E-state index in [0.717, 1.165) is 12.1 Å². The molecule has 4 nitrogen and oxygen atoms in total. The molecular weight excluding hydrogens is 271 g/mol. The zero-order chi connectivity index (χ0) is 15.0. The molecule has 0 fully saturated rings. The van der Waals surface area contributed by atoms with Gasteiger partial charge in [-0.05, 0) is 30.7 Å². The number of halogens is 1. The minimum Gasteiger partial charge on any atom is -0.491 e. The highest BCUT2D eigenvalue weighted by molar-refractivity contribution is 5.95. The molecule has 0 saturated heterocycles. The van der Waals surface area contributed by atoms with Crippen molar-refractivity contribution in [3.63, 3.8) is 0 Å². The maximum atomic E-state index is 13.3. The van der Waals surface area contributed by atoms with Crippen LogP contribution in [0, 0.1) is 5.82 Å². The number of nitrogens with one attached hydrogen (secondary N) is 1. The largest absolute Gasteiger partial charge is 0.491 e. The Hall–Kier alpha value is -2.30. The Bertz CT molecular complexity index is 694. The summed E-state index contributed by atoms with van der Waals surface area (Å²) in [6, 6.07) is 5.86. The first-order chi connectivity index (χ1) is 10.1. The van der Waals surface area contributed by atoms with Crippen LogP contribution in [0.4, 0.5) is 4.39 Å². The second-order valence-corrected chi connectivity index (χ2v) is 5.16. The van der Waals surface area contributed by atoms with E-state index in [1.165, 1.54) is 12.1 Å². The van der Waals surface area contributed by atoms with E-state index < -0.39 is 0 Å². The molecule has 0 aliphatic carbocycles. The van der Waals surface area contributed by atoms with Crippen LogP contribution in [0.2, 0.25) is 0 Å². The van der Waals surface area contributed by atoms with Gasteiger partial charge in [0.1, 0.15) is 18.2 Å². The average Bonchev–Trinajstić information content (AvgIpc) is 3.02. The molecule has 2 aromatic rings. The number of hydrogen-bond donors (Lipinski definition) is 1. The minimum atomic E-state index is -0.326. The van der Waals surface area contributed by atoms with Gasteiger partial charge in [0.2, 0.25) is 0 Å². The zero-order valence-electron chi connectivity index (χ0n) is 12.0. The topological polar surface area (TPSA) is 43.3 Å². The summed E-state index contributed by atoms with van der Waals surface area (Å²) in [6.07, 6.45) is 2.64. The summed E-state index contributed by atoms with van der Waals surface area (Å²) < 4.78 is 20.8. The summed E-state index contributed by atoms with van der Waals surface area (Å²) in [5.41, 5.74) is 2.33. The number of aryl methyl sites for hydroxylation is 1. The maximum absolute atomic E-state index is 13.3. The fraction of sp³-hybridized carbons (Fsp3) is 0.312. The van der Waals surface area contributed by atoms with Crippen LogP contribution in [0.25, 0.3) is 0 Å². The number of benzene rings is 1. The van der Waals surface area contributed by atoms with Crippen LogP contribution in [-0.4, -0.2) is 17.1 Å². The molecule has 1 aromatic carbocycles. The predicted molar refractivity (Wildman–Crippen MR) is 76.9 cm³/mol. The lowest BCUT2D eigenvalue weighted by Crippen LogP contribution is -2.30. The zero-order valence-corrected chi connectivity index (χ0v) is 12.0. The van der Waals surface area contributed by atoms with Gasteiger partial charge in [0.15, 0.2) is 0 Å². The van der Waals surface area contributed by atoms with E-state index in [0.29, 0.717) is 23.5 Å². The van der Waals surface area contributed by atoms with E-state index in [9.17, 15) is 9.18 Å². The Kier molecular flexibility index (Phi) is 3.41. The molecule has 0 radical (unpaired) electrons. The van der Waals surface area contributed by atoms with Crippen LogP contribution in [0.5, 0.6) is 5.75 Å². The normalized spacial score (nSPS) is 16.4. The van der Waals surface area contributed by atoms with Crippen molar-refractivity contribution < 1.29 is 13.9 Å². The first kappa shape index (κ1) is 13.7. The predicted octanol–water partition coefficient (Wildman–Crippen LogP) is 2.59. The summed E-state index contributed by atoms with van der Waals surface area (Å²) >= 11 is 0. The molecule has 0 saturated carbocycles. The number of amides is 1. The fourth-order valence-electron chi connectivity index (χ4n) is 2.75. The van der Waals surface area contributed by atoms with Gasteiger partial charge < -0.3 is 14.6 Å². The molecule has 0 spiro atoms. The van der Waals surface area contributed by atoms with E-state index in [1.807, 2.05) is 24.7 Å². The molecule has 1 amide bonds. The molecule has 1 atom stereocenters. The third-order valence-electron chi connectivity index (χ3n) is 3.84. The Balaban J connectivity index is 1.82. The van der Waals surface area contributed by atoms with Crippen LogP contribution < -0.4 is 10.1 Å². The number of carbonyl (C=O) groups is 1. The molecular formula is C16H17FN2O2. The van der Waals surface area contributed by atoms with Crippen LogP contribution in [0.1, 0.15) is 34.6 Å². The van der Waals surface area contributed by atoms with Crippen molar-refractivity contribution in [2.45, 2.75) is 19.4 Å². The number of rotatable bonds is 3. The molecule has 1 N–H and O–H groups in total. The smallest absolute Gasteiger partial charge is 0.253 e. The van der Waals surface area contributed by atoms with Crippen LogP contribution >= 0.6 is 0 Å². The van der Waals surface area contributed by atoms with Crippen molar-refractivity contribution in [3.8, 4) is 5.75 Å². The van der Waals surface area contributed by atoms with Gasteiger partial charge in [0, 0.05) is 24.5 Å². The van der Waals surface area contributed by atoms with Gasteiger partial charge in [-0.2, -0.15) is 0 Å².